The summed E-state index contributed by atoms with van der Waals surface area (Å²) in [5.41, 5.74) is 0. The fourth-order valence-electron chi connectivity index (χ4n) is 2.52. The Morgan fingerprint density at radius 3 is 2.67 bits per heavy atom. The predicted molar refractivity (Wildman–Crippen MR) is 77.0 cm³/mol. The van der Waals surface area contributed by atoms with Gasteiger partial charge < -0.3 is 5.32 Å². The van der Waals surface area contributed by atoms with Crippen LogP contribution in [-0.2, 0) is 12.8 Å². The van der Waals surface area contributed by atoms with Gasteiger partial charge >= 0.3 is 0 Å². The van der Waals surface area contributed by atoms with Crippen molar-refractivity contribution in [3.8, 4) is 0 Å². The molecule has 102 valence electrons. The number of nitrogens with zero attached hydrogens (tertiary/aromatic N) is 2. The molecule has 0 aromatic carbocycles. The van der Waals surface area contributed by atoms with E-state index < -0.39 is 0 Å². The fraction of sp³-hybridized carbons (Fsp3) is 0.857. The van der Waals surface area contributed by atoms with Gasteiger partial charge in [-0.1, -0.05) is 39.5 Å². The molecule has 1 aliphatic carbocycles. The lowest BCUT2D eigenvalue weighted by atomic mass is 10.1. The molecule has 1 aliphatic rings. The van der Waals surface area contributed by atoms with E-state index in [-0.39, 0.29) is 0 Å². The number of rotatable bonds is 7. The molecule has 0 bridgehead atoms. The maximum Gasteiger partial charge on any atom is 0.118 e. The van der Waals surface area contributed by atoms with Gasteiger partial charge in [-0.25, -0.2) is 0 Å². The third-order valence-electron chi connectivity index (χ3n) is 3.51. The first-order valence-corrected chi connectivity index (χ1v) is 8.07. The summed E-state index contributed by atoms with van der Waals surface area (Å²) in [4.78, 5) is 0. The van der Waals surface area contributed by atoms with Gasteiger partial charge in [0.15, 0.2) is 0 Å². The smallest absolute Gasteiger partial charge is 0.118 e. The molecule has 1 fully saturated rings. The van der Waals surface area contributed by atoms with Crippen molar-refractivity contribution in [3.63, 3.8) is 0 Å². The molecule has 18 heavy (non-hydrogen) atoms. The van der Waals surface area contributed by atoms with Crippen LogP contribution in [0.4, 0.5) is 0 Å². The van der Waals surface area contributed by atoms with Crippen LogP contribution < -0.4 is 5.32 Å². The van der Waals surface area contributed by atoms with Gasteiger partial charge in [-0.05, 0) is 18.4 Å². The van der Waals surface area contributed by atoms with Crippen LogP contribution in [0.1, 0.15) is 49.5 Å². The van der Waals surface area contributed by atoms with Crippen LogP contribution in [0.2, 0.25) is 0 Å². The topological polar surface area (TPSA) is 37.8 Å². The summed E-state index contributed by atoms with van der Waals surface area (Å²) in [6.07, 6.45) is 7.80. The van der Waals surface area contributed by atoms with E-state index in [9.17, 15) is 0 Å². The highest BCUT2D eigenvalue weighted by molar-refractivity contribution is 7.11. The van der Waals surface area contributed by atoms with Crippen LogP contribution in [-0.4, -0.2) is 23.3 Å². The van der Waals surface area contributed by atoms with E-state index in [1.165, 1.54) is 35.7 Å². The van der Waals surface area contributed by atoms with Crippen molar-refractivity contribution >= 4 is 11.3 Å². The average molecular weight is 267 g/mol. The largest absolute Gasteiger partial charge is 0.316 e. The Balaban J connectivity index is 1.68. The van der Waals surface area contributed by atoms with Gasteiger partial charge in [0.05, 0.1) is 0 Å². The maximum atomic E-state index is 4.33. The zero-order valence-electron chi connectivity index (χ0n) is 11.6. The molecule has 0 amide bonds. The van der Waals surface area contributed by atoms with E-state index in [1.54, 1.807) is 0 Å². The zero-order valence-corrected chi connectivity index (χ0v) is 12.4. The van der Waals surface area contributed by atoms with Crippen LogP contribution in [0.15, 0.2) is 0 Å². The minimum absolute atomic E-state index is 0.720. The molecule has 1 saturated carbocycles. The summed E-state index contributed by atoms with van der Waals surface area (Å²) in [5.74, 6) is 1.60. The highest BCUT2D eigenvalue weighted by Crippen LogP contribution is 2.28. The maximum absolute atomic E-state index is 4.33. The Morgan fingerprint density at radius 1 is 1.22 bits per heavy atom. The van der Waals surface area contributed by atoms with Crippen molar-refractivity contribution < 1.29 is 0 Å². The van der Waals surface area contributed by atoms with Crippen molar-refractivity contribution in [3.05, 3.63) is 10.0 Å². The van der Waals surface area contributed by atoms with E-state index in [4.69, 9.17) is 0 Å². The zero-order chi connectivity index (χ0) is 12.8. The predicted octanol–water partition coefficient (Wildman–Crippen LogP) is 3.06. The molecule has 0 unspecified atom stereocenters. The van der Waals surface area contributed by atoms with Crippen molar-refractivity contribution in [2.75, 3.05) is 13.1 Å². The number of hydrogen-bond donors (Lipinski definition) is 1. The second-order valence-electron chi connectivity index (χ2n) is 5.79. The summed E-state index contributed by atoms with van der Waals surface area (Å²) in [6.45, 7) is 6.58. The Kier molecular flexibility index (Phi) is 5.57. The third-order valence-corrected chi connectivity index (χ3v) is 4.52. The fourth-order valence-corrected chi connectivity index (χ4v) is 3.48. The molecule has 1 N–H and O–H groups in total. The monoisotopic (exact) mass is 267 g/mol. The van der Waals surface area contributed by atoms with Crippen molar-refractivity contribution in [1.29, 1.82) is 0 Å². The molecular weight excluding hydrogens is 242 g/mol. The van der Waals surface area contributed by atoms with E-state index in [0.717, 1.165) is 37.8 Å². The van der Waals surface area contributed by atoms with Gasteiger partial charge in [0.1, 0.15) is 10.0 Å². The van der Waals surface area contributed by atoms with Gasteiger partial charge in [0.2, 0.25) is 0 Å². The SMILES string of the molecule is CC(C)CNCCc1nnc(CC2CCCC2)s1. The summed E-state index contributed by atoms with van der Waals surface area (Å²) < 4.78 is 0. The number of nitrogens with one attached hydrogen (secondary N) is 1. The molecule has 4 heteroatoms. The first kappa shape index (κ1) is 13.9. The molecule has 0 spiro atoms. The van der Waals surface area contributed by atoms with Crippen molar-refractivity contribution in [1.82, 2.24) is 15.5 Å². The van der Waals surface area contributed by atoms with Crippen LogP contribution >= 0.6 is 11.3 Å². The molecule has 1 heterocycles. The summed E-state index contributed by atoms with van der Waals surface area (Å²) in [6, 6.07) is 0. The van der Waals surface area contributed by atoms with Gasteiger partial charge in [-0.2, -0.15) is 0 Å². The molecule has 1 aromatic rings. The van der Waals surface area contributed by atoms with Gasteiger partial charge in [0, 0.05) is 19.4 Å². The molecular formula is C14H25N3S. The highest BCUT2D eigenvalue weighted by Gasteiger charge is 2.17. The Bertz CT molecular complexity index is 343. The molecule has 2 rings (SSSR count). The Labute approximate surface area is 114 Å². The first-order valence-electron chi connectivity index (χ1n) is 7.26. The molecule has 1 aromatic heterocycles. The molecule has 0 atom stereocenters. The van der Waals surface area contributed by atoms with Gasteiger partial charge in [0.25, 0.3) is 0 Å². The van der Waals surface area contributed by atoms with E-state index in [2.05, 4.69) is 29.4 Å². The van der Waals surface area contributed by atoms with E-state index >= 15 is 0 Å². The van der Waals surface area contributed by atoms with Crippen LogP contribution in [0.5, 0.6) is 0 Å². The second-order valence-corrected chi connectivity index (χ2v) is 6.94. The lowest BCUT2D eigenvalue weighted by molar-refractivity contribution is 0.542. The van der Waals surface area contributed by atoms with Crippen LogP contribution in [0, 0.1) is 11.8 Å². The number of aromatic nitrogens is 2. The van der Waals surface area contributed by atoms with Crippen molar-refractivity contribution in [2.45, 2.75) is 52.4 Å². The normalized spacial score (nSPS) is 16.8. The quantitative estimate of drug-likeness (QED) is 0.772. The van der Waals surface area contributed by atoms with Gasteiger partial charge in [-0.3, -0.25) is 0 Å². The average Bonchev–Trinajstić information content (AvgIpc) is 2.97. The summed E-state index contributed by atoms with van der Waals surface area (Å²) >= 11 is 1.82. The molecule has 0 saturated heterocycles. The molecule has 0 aliphatic heterocycles. The second kappa shape index (κ2) is 7.19. The minimum Gasteiger partial charge on any atom is -0.316 e. The standard InChI is InChI=1S/C14H25N3S/c1-11(2)10-15-8-7-13-16-17-14(18-13)9-12-5-3-4-6-12/h11-12,15H,3-10H2,1-2H3. The first-order chi connectivity index (χ1) is 8.74. The Hall–Kier alpha value is -0.480. The third kappa shape index (κ3) is 4.65. The molecule has 0 radical (unpaired) electrons. The number of hydrogen-bond acceptors (Lipinski definition) is 4. The lowest BCUT2D eigenvalue weighted by Crippen LogP contribution is -2.22. The summed E-state index contributed by atoms with van der Waals surface area (Å²) in [7, 11) is 0. The molecule has 3 nitrogen and oxygen atoms in total. The highest BCUT2D eigenvalue weighted by atomic mass is 32.1. The van der Waals surface area contributed by atoms with Crippen LogP contribution in [0.3, 0.4) is 0 Å². The minimum atomic E-state index is 0.720. The summed E-state index contributed by atoms with van der Waals surface area (Å²) in [5, 5.41) is 14.5. The van der Waals surface area contributed by atoms with E-state index in [1.807, 2.05) is 11.3 Å². The van der Waals surface area contributed by atoms with Gasteiger partial charge in [-0.15, -0.1) is 21.5 Å². The lowest BCUT2D eigenvalue weighted by Gasteiger charge is -2.05. The Morgan fingerprint density at radius 2 is 1.94 bits per heavy atom. The van der Waals surface area contributed by atoms with Crippen molar-refractivity contribution in [2.24, 2.45) is 11.8 Å². The van der Waals surface area contributed by atoms with E-state index in [0.29, 0.717) is 0 Å². The van der Waals surface area contributed by atoms with Crippen LogP contribution in [0.25, 0.3) is 0 Å².